The average Bonchev–Trinajstić information content (AvgIpc) is 3.23. The van der Waals surface area contributed by atoms with Gasteiger partial charge in [0.2, 0.25) is 5.91 Å². The second-order valence-electron chi connectivity index (χ2n) is 8.85. The first-order chi connectivity index (χ1) is 16.2. The molecule has 2 aromatic heterocycles. The van der Waals surface area contributed by atoms with E-state index < -0.39 is 0 Å². The zero-order chi connectivity index (χ0) is 24.5. The Bertz CT molecular complexity index is 1410. The molecule has 0 spiro atoms. The van der Waals surface area contributed by atoms with Crippen LogP contribution in [-0.2, 0) is 16.8 Å². The SMILES string of the molecule is CCn1c(SCC(=O)Nc2cc(C(C)(C)C)nn2-c2ccccc2)nc2ccc(Br)cc2c1=O. The van der Waals surface area contributed by atoms with Gasteiger partial charge < -0.3 is 5.32 Å². The summed E-state index contributed by atoms with van der Waals surface area (Å²) in [5.74, 6) is 0.514. The highest BCUT2D eigenvalue weighted by Gasteiger charge is 2.22. The van der Waals surface area contributed by atoms with Crippen LogP contribution in [0.1, 0.15) is 33.4 Å². The highest BCUT2D eigenvalue weighted by molar-refractivity contribution is 9.10. The fourth-order valence-electron chi connectivity index (χ4n) is 3.47. The van der Waals surface area contributed by atoms with E-state index in [1.54, 1.807) is 21.4 Å². The topological polar surface area (TPSA) is 81.8 Å². The van der Waals surface area contributed by atoms with Crippen LogP contribution in [0, 0.1) is 0 Å². The number of thioether (sulfide) groups is 1. The van der Waals surface area contributed by atoms with E-state index in [1.165, 1.54) is 11.8 Å². The van der Waals surface area contributed by atoms with Gasteiger partial charge in [-0.25, -0.2) is 9.67 Å². The van der Waals surface area contributed by atoms with Crippen LogP contribution in [0.25, 0.3) is 16.6 Å². The molecule has 4 rings (SSSR count). The summed E-state index contributed by atoms with van der Waals surface area (Å²) in [6.45, 7) is 8.61. The first-order valence-corrected chi connectivity index (χ1v) is 12.7. The lowest BCUT2D eigenvalue weighted by molar-refractivity contribution is -0.113. The molecule has 0 aliphatic rings. The predicted octanol–water partition coefficient (Wildman–Crippen LogP) is 5.39. The Hall–Kier alpha value is -2.91. The molecule has 2 heterocycles. The molecule has 4 aromatic rings. The second-order valence-corrected chi connectivity index (χ2v) is 10.7. The molecule has 1 N–H and O–H groups in total. The maximum Gasteiger partial charge on any atom is 0.262 e. The summed E-state index contributed by atoms with van der Waals surface area (Å²) in [4.78, 5) is 30.5. The molecule has 0 aliphatic carbocycles. The minimum absolute atomic E-state index is 0.110. The van der Waals surface area contributed by atoms with Gasteiger partial charge in [-0.15, -0.1) is 0 Å². The van der Waals surface area contributed by atoms with Crippen molar-refractivity contribution in [3.8, 4) is 5.69 Å². The lowest BCUT2D eigenvalue weighted by Gasteiger charge is -2.14. The van der Waals surface area contributed by atoms with E-state index in [1.807, 2.05) is 49.4 Å². The van der Waals surface area contributed by atoms with E-state index in [2.05, 4.69) is 47.0 Å². The van der Waals surface area contributed by atoms with Crippen molar-refractivity contribution in [3.05, 3.63) is 75.1 Å². The van der Waals surface area contributed by atoms with E-state index in [0.29, 0.717) is 28.4 Å². The lowest BCUT2D eigenvalue weighted by atomic mass is 9.92. The molecular weight excluding hydrogens is 514 g/mol. The van der Waals surface area contributed by atoms with Gasteiger partial charge in [-0.1, -0.05) is 66.7 Å². The van der Waals surface area contributed by atoms with Crippen LogP contribution in [0.2, 0.25) is 0 Å². The van der Waals surface area contributed by atoms with Crippen molar-refractivity contribution in [2.45, 2.75) is 44.8 Å². The normalized spacial score (nSPS) is 11.7. The molecular formula is C25H26BrN5O2S. The summed E-state index contributed by atoms with van der Waals surface area (Å²) in [7, 11) is 0. The lowest BCUT2D eigenvalue weighted by Crippen LogP contribution is -2.23. The summed E-state index contributed by atoms with van der Waals surface area (Å²) >= 11 is 4.65. The van der Waals surface area contributed by atoms with Gasteiger partial charge in [0.1, 0.15) is 5.82 Å². The van der Waals surface area contributed by atoms with Gasteiger partial charge in [0.05, 0.1) is 28.0 Å². The molecule has 0 unspecified atom stereocenters. The molecule has 0 atom stereocenters. The molecule has 7 nitrogen and oxygen atoms in total. The van der Waals surface area contributed by atoms with Crippen LogP contribution in [0.5, 0.6) is 0 Å². The molecule has 1 amide bonds. The number of fused-ring (bicyclic) bond motifs is 1. The number of hydrogen-bond donors (Lipinski definition) is 1. The van der Waals surface area contributed by atoms with Crippen LogP contribution in [0.4, 0.5) is 5.82 Å². The number of anilines is 1. The number of benzene rings is 2. The zero-order valence-electron chi connectivity index (χ0n) is 19.5. The largest absolute Gasteiger partial charge is 0.310 e. The average molecular weight is 540 g/mol. The standard InChI is InChI=1S/C25H26BrN5O2S/c1-5-30-23(33)18-13-16(26)11-12-19(18)27-24(30)34-15-22(32)28-21-14-20(25(2,3)4)29-31(21)17-9-7-6-8-10-17/h6-14H,5,15H2,1-4H3,(H,28,32). The van der Waals surface area contributed by atoms with Crippen molar-refractivity contribution in [1.29, 1.82) is 0 Å². The minimum Gasteiger partial charge on any atom is -0.310 e. The van der Waals surface area contributed by atoms with E-state index in [4.69, 9.17) is 5.10 Å². The Morgan fingerprint density at radius 3 is 2.53 bits per heavy atom. The number of nitrogens with one attached hydrogen (secondary N) is 1. The second kappa shape index (κ2) is 9.76. The third kappa shape index (κ3) is 5.10. The third-order valence-corrected chi connectivity index (χ3v) is 6.75. The van der Waals surface area contributed by atoms with Gasteiger partial charge in [0.15, 0.2) is 5.16 Å². The van der Waals surface area contributed by atoms with Crippen molar-refractivity contribution in [2.24, 2.45) is 0 Å². The molecule has 34 heavy (non-hydrogen) atoms. The fourth-order valence-corrected chi connectivity index (χ4v) is 4.70. The number of amides is 1. The Morgan fingerprint density at radius 2 is 1.85 bits per heavy atom. The predicted molar refractivity (Wildman–Crippen MR) is 141 cm³/mol. The van der Waals surface area contributed by atoms with Gasteiger partial charge in [-0.05, 0) is 37.3 Å². The van der Waals surface area contributed by atoms with Gasteiger partial charge in [-0.2, -0.15) is 5.10 Å². The van der Waals surface area contributed by atoms with E-state index in [9.17, 15) is 9.59 Å². The number of halogens is 1. The van der Waals surface area contributed by atoms with Crippen LogP contribution in [0.3, 0.4) is 0 Å². The molecule has 0 aliphatic heterocycles. The number of rotatable bonds is 6. The molecule has 0 bridgehead atoms. The highest BCUT2D eigenvalue weighted by Crippen LogP contribution is 2.27. The number of carbonyl (C=O) groups excluding carboxylic acids is 1. The number of aromatic nitrogens is 4. The summed E-state index contributed by atoms with van der Waals surface area (Å²) < 4.78 is 4.17. The molecule has 2 aromatic carbocycles. The Kier molecular flexibility index (Phi) is 6.95. The molecule has 0 saturated heterocycles. The Morgan fingerprint density at radius 1 is 1.12 bits per heavy atom. The van der Waals surface area contributed by atoms with Crippen molar-refractivity contribution < 1.29 is 4.79 Å². The van der Waals surface area contributed by atoms with Crippen LogP contribution in [0.15, 0.2) is 69.0 Å². The van der Waals surface area contributed by atoms with Crippen molar-refractivity contribution in [1.82, 2.24) is 19.3 Å². The number of para-hydroxylation sites is 1. The highest BCUT2D eigenvalue weighted by atomic mass is 79.9. The fraction of sp³-hybridized carbons (Fsp3) is 0.280. The number of hydrogen-bond acceptors (Lipinski definition) is 5. The Balaban J connectivity index is 1.58. The smallest absolute Gasteiger partial charge is 0.262 e. The monoisotopic (exact) mass is 539 g/mol. The van der Waals surface area contributed by atoms with E-state index in [-0.39, 0.29) is 22.6 Å². The summed E-state index contributed by atoms with van der Waals surface area (Å²) in [5, 5.41) is 8.79. The summed E-state index contributed by atoms with van der Waals surface area (Å²) in [6.07, 6.45) is 0. The van der Waals surface area contributed by atoms with Gasteiger partial charge in [0, 0.05) is 22.5 Å². The minimum atomic E-state index is -0.199. The van der Waals surface area contributed by atoms with Crippen molar-refractivity contribution in [2.75, 3.05) is 11.1 Å². The van der Waals surface area contributed by atoms with Crippen molar-refractivity contribution >= 4 is 50.3 Å². The van der Waals surface area contributed by atoms with Crippen LogP contribution < -0.4 is 10.9 Å². The zero-order valence-corrected chi connectivity index (χ0v) is 21.9. The van der Waals surface area contributed by atoms with Crippen LogP contribution in [-0.4, -0.2) is 31.0 Å². The maximum absolute atomic E-state index is 12.9. The summed E-state index contributed by atoms with van der Waals surface area (Å²) in [6, 6.07) is 17.0. The number of carbonyl (C=O) groups is 1. The maximum atomic E-state index is 12.9. The van der Waals surface area contributed by atoms with E-state index >= 15 is 0 Å². The van der Waals surface area contributed by atoms with E-state index in [0.717, 1.165) is 15.9 Å². The summed E-state index contributed by atoms with van der Waals surface area (Å²) in [5.41, 5.74) is 2.06. The number of nitrogens with zero attached hydrogens (tertiary/aromatic N) is 4. The molecule has 9 heteroatoms. The van der Waals surface area contributed by atoms with Crippen LogP contribution >= 0.6 is 27.7 Å². The van der Waals surface area contributed by atoms with Crippen molar-refractivity contribution in [3.63, 3.8) is 0 Å². The van der Waals surface area contributed by atoms with Gasteiger partial charge >= 0.3 is 0 Å². The van der Waals surface area contributed by atoms with Gasteiger partial charge in [0.25, 0.3) is 5.56 Å². The quantitative estimate of drug-likeness (QED) is 0.262. The first-order valence-electron chi connectivity index (χ1n) is 11.0. The first kappa shape index (κ1) is 24.2. The molecule has 0 fully saturated rings. The Labute approximate surface area is 210 Å². The molecule has 176 valence electrons. The molecule has 0 saturated carbocycles. The van der Waals surface area contributed by atoms with Gasteiger partial charge in [-0.3, -0.25) is 14.2 Å². The molecule has 0 radical (unpaired) electrons. The third-order valence-electron chi connectivity index (χ3n) is 5.28.